The number of carbonyl (C=O) groups is 1. The minimum Gasteiger partial charge on any atom is -0.373 e. The first-order valence-electron chi connectivity index (χ1n) is 7.37. The Labute approximate surface area is 134 Å². The maximum atomic E-state index is 12.5. The molecule has 0 saturated carbocycles. The van der Waals surface area contributed by atoms with Crippen LogP contribution in [0.25, 0.3) is 0 Å². The first-order chi connectivity index (χ1) is 11.2. The smallest absolute Gasteiger partial charge is 0.274 e. The predicted molar refractivity (Wildman–Crippen MR) is 82.9 cm³/mol. The number of aromatic nitrogens is 4. The van der Waals surface area contributed by atoms with E-state index in [1.54, 1.807) is 18.1 Å². The summed E-state index contributed by atoms with van der Waals surface area (Å²) in [4.78, 5) is 30.9. The second-order valence-electron chi connectivity index (χ2n) is 5.18. The minimum atomic E-state index is -0.279. The SMILES string of the molecule is CNc1cc([C@H]2CN(C(=O)c3cnccn3)CCO2)nc(C)n1. The van der Waals surface area contributed by atoms with E-state index < -0.39 is 0 Å². The summed E-state index contributed by atoms with van der Waals surface area (Å²) in [6.07, 6.45) is 4.25. The zero-order chi connectivity index (χ0) is 16.2. The van der Waals surface area contributed by atoms with E-state index in [4.69, 9.17) is 4.74 Å². The molecule has 2 aromatic heterocycles. The minimum absolute atomic E-state index is 0.147. The molecule has 0 bridgehead atoms. The number of ether oxygens (including phenoxy) is 1. The van der Waals surface area contributed by atoms with Gasteiger partial charge in [-0.3, -0.25) is 9.78 Å². The number of amides is 1. The van der Waals surface area contributed by atoms with Crippen LogP contribution in [0.5, 0.6) is 0 Å². The van der Waals surface area contributed by atoms with Gasteiger partial charge in [-0.15, -0.1) is 0 Å². The molecule has 1 N–H and O–H groups in total. The van der Waals surface area contributed by atoms with Crippen molar-refractivity contribution in [2.45, 2.75) is 13.0 Å². The number of carbonyl (C=O) groups excluding carboxylic acids is 1. The molecule has 0 aromatic carbocycles. The van der Waals surface area contributed by atoms with Crippen LogP contribution >= 0.6 is 0 Å². The fourth-order valence-corrected chi connectivity index (χ4v) is 2.47. The highest BCUT2D eigenvalue weighted by molar-refractivity contribution is 5.92. The van der Waals surface area contributed by atoms with Crippen LogP contribution in [0.15, 0.2) is 24.7 Å². The molecule has 1 fully saturated rings. The fraction of sp³-hybridized carbons (Fsp3) is 0.400. The molecule has 0 radical (unpaired) electrons. The van der Waals surface area contributed by atoms with Gasteiger partial charge in [0.05, 0.1) is 25.0 Å². The predicted octanol–water partition coefficient (Wildman–Crippen LogP) is 0.830. The van der Waals surface area contributed by atoms with Gasteiger partial charge in [0.2, 0.25) is 0 Å². The molecule has 23 heavy (non-hydrogen) atoms. The normalized spacial score (nSPS) is 17.8. The third kappa shape index (κ3) is 3.42. The highest BCUT2D eigenvalue weighted by Gasteiger charge is 2.28. The van der Waals surface area contributed by atoms with Gasteiger partial charge in [0.1, 0.15) is 23.4 Å². The van der Waals surface area contributed by atoms with Gasteiger partial charge >= 0.3 is 0 Å². The van der Waals surface area contributed by atoms with Crippen LogP contribution in [-0.2, 0) is 4.74 Å². The van der Waals surface area contributed by atoms with Crippen LogP contribution in [0.4, 0.5) is 5.82 Å². The van der Waals surface area contributed by atoms with Crippen LogP contribution < -0.4 is 5.32 Å². The number of anilines is 1. The van der Waals surface area contributed by atoms with Crippen molar-refractivity contribution in [3.63, 3.8) is 0 Å². The van der Waals surface area contributed by atoms with Crippen molar-refractivity contribution in [2.75, 3.05) is 32.1 Å². The first kappa shape index (κ1) is 15.3. The highest BCUT2D eigenvalue weighted by atomic mass is 16.5. The number of rotatable bonds is 3. The molecule has 120 valence electrons. The summed E-state index contributed by atoms with van der Waals surface area (Å²) in [6, 6.07) is 1.84. The first-order valence-corrected chi connectivity index (χ1v) is 7.37. The van der Waals surface area contributed by atoms with Crippen LogP contribution in [0, 0.1) is 6.92 Å². The van der Waals surface area contributed by atoms with E-state index in [2.05, 4.69) is 25.3 Å². The van der Waals surface area contributed by atoms with Crippen LogP contribution in [0.2, 0.25) is 0 Å². The van der Waals surface area contributed by atoms with E-state index in [0.29, 0.717) is 31.2 Å². The van der Waals surface area contributed by atoms with Gasteiger partial charge in [0, 0.05) is 32.1 Å². The Bertz CT molecular complexity index is 694. The number of morpholine rings is 1. The molecule has 1 amide bonds. The molecule has 8 nitrogen and oxygen atoms in total. The lowest BCUT2D eigenvalue weighted by atomic mass is 10.2. The summed E-state index contributed by atoms with van der Waals surface area (Å²) < 4.78 is 5.79. The van der Waals surface area contributed by atoms with Crippen LogP contribution in [0.1, 0.15) is 28.1 Å². The van der Waals surface area contributed by atoms with Gasteiger partial charge in [-0.2, -0.15) is 0 Å². The molecule has 3 heterocycles. The zero-order valence-electron chi connectivity index (χ0n) is 13.1. The van der Waals surface area contributed by atoms with Gasteiger partial charge in [0.15, 0.2) is 0 Å². The second-order valence-corrected chi connectivity index (χ2v) is 5.18. The second kappa shape index (κ2) is 6.66. The molecule has 1 aliphatic heterocycles. The van der Waals surface area contributed by atoms with E-state index in [0.717, 1.165) is 11.5 Å². The van der Waals surface area contributed by atoms with E-state index >= 15 is 0 Å². The summed E-state index contributed by atoms with van der Waals surface area (Å²) in [5, 5.41) is 3.00. The lowest BCUT2D eigenvalue weighted by Crippen LogP contribution is -2.42. The van der Waals surface area contributed by atoms with Crippen molar-refractivity contribution < 1.29 is 9.53 Å². The van der Waals surface area contributed by atoms with Gasteiger partial charge in [-0.05, 0) is 6.92 Å². The molecule has 1 atom stereocenters. The highest BCUT2D eigenvalue weighted by Crippen LogP contribution is 2.23. The molecule has 3 rings (SSSR count). The van der Waals surface area contributed by atoms with Gasteiger partial charge in [-0.1, -0.05) is 0 Å². The van der Waals surface area contributed by atoms with Crippen molar-refractivity contribution in [1.82, 2.24) is 24.8 Å². The van der Waals surface area contributed by atoms with E-state index in [1.165, 1.54) is 12.4 Å². The molecular weight excluding hydrogens is 296 g/mol. The topological polar surface area (TPSA) is 93.1 Å². The van der Waals surface area contributed by atoms with Gasteiger partial charge in [-0.25, -0.2) is 15.0 Å². The molecule has 0 unspecified atom stereocenters. The summed E-state index contributed by atoms with van der Waals surface area (Å²) >= 11 is 0. The quantitative estimate of drug-likeness (QED) is 0.897. The average Bonchev–Trinajstić information content (AvgIpc) is 2.61. The number of nitrogens with zero attached hydrogens (tertiary/aromatic N) is 5. The number of hydrogen-bond donors (Lipinski definition) is 1. The molecule has 1 saturated heterocycles. The van der Waals surface area contributed by atoms with Crippen molar-refractivity contribution in [3.8, 4) is 0 Å². The number of hydrogen-bond acceptors (Lipinski definition) is 7. The molecular formula is C15H18N6O2. The third-order valence-electron chi connectivity index (χ3n) is 3.58. The van der Waals surface area contributed by atoms with Crippen LogP contribution in [0.3, 0.4) is 0 Å². The third-order valence-corrected chi connectivity index (χ3v) is 3.58. The molecule has 0 spiro atoms. The largest absolute Gasteiger partial charge is 0.373 e. The van der Waals surface area contributed by atoms with Gasteiger partial charge in [0.25, 0.3) is 5.91 Å². The lowest BCUT2D eigenvalue weighted by Gasteiger charge is -2.32. The Kier molecular flexibility index (Phi) is 4.42. The summed E-state index contributed by atoms with van der Waals surface area (Å²) in [5.74, 6) is 1.24. The number of nitrogens with one attached hydrogen (secondary N) is 1. The molecule has 8 heteroatoms. The Morgan fingerprint density at radius 1 is 1.39 bits per heavy atom. The fourth-order valence-electron chi connectivity index (χ4n) is 2.47. The Morgan fingerprint density at radius 2 is 2.26 bits per heavy atom. The van der Waals surface area contributed by atoms with Crippen molar-refractivity contribution >= 4 is 11.7 Å². The zero-order valence-corrected chi connectivity index (χ0v) is 13.1. The maximum absolute atomic E-state index is 12.5. The Morgan fingerprint density at radius 3 is 3.00 bits per heavy atom. The molecule has 0 aliphatic carbocycles. The van der Waals surface area contributed by atoms with Crippen LogP contribution in [-0.4, -0.2) is 57.5 Å². The summed E-state index contributed by atoms with van der Waals surface area (Å²) in [6.45, 7) is 3.23. The van der Waals surface area contributed by atoms with Crippen molar-refractivity contribution in [3.05, 3.63) is 41.9 Å². The summed E-state index contributed by atoms with van der Waals surface area (Å²) in [7, 11) is 1.80. The maximum Gasteiger partial charge on any atom is 0.274 e. The summed E-state index contributed by atoms with van der Waals surface area (Å²) in [5.41, 5.74) is 1.10. The monoisotopic (exact) mass is 314 g/mol. The number of aryl methyl sites for hydroxylation is 1. The molecule has 1 aliphatic rings. The van der Waals surface area contributed by atoms with E-state index in [-0.39, 0.29) is 12.0 Å². The Balaban J connectivity index is 1.78. The van der Waals surface area contributed by atoms with E-state index in [9.17, 15) is 4.79 Å². The van der Waals surface area contributed by atoms with Gasteiger partial charge < -0.3 is 15.0 Å². The van der Waals surface area contributed by atoms with Crippen molar-refractivity contribution in [2.24, 2.45) is 0 Å². The van der Waals surface area contributed by atoms with E-state index in [1.807, 2.05) is 13.0 Å². The lowest BCUT2D eigenvalue weighted by molar-refractivity contribution is -0.0250. The molecule has 2 aromatic rings. The Hall–Kier alpha value is -2.61. The standard InChI is InChI=1S/C15H18N6O2/c1-10-19-11(7-14(16-2)20-10)13-9-21(5-6-23-13)15(22)12-8-17-3-4-18-12/h3-4,7-8,13H,5-6,9H2,1-2H3,(H,16,19,20)/t13-/m1/s1. The van der Waals surface area contributed by atoms with Crippen molar-refractivity contribution in [1.29, 1.82) is 0 Å². The average molecular weight is 314 g/mol.